The first kappa shape index (κ1) is 20.9. The molecule has 5 rings (SSSR count). The number of aromatic amines is 1. The summed E-state index contributed by atoms with van der Waals surface area (Å²) in [7, 11) is 1.73. The molecule has 0 bridgehead atoms. The van der Waals surface area contributed by atoms with Gasteiger partial charge in [0.2, 0.25) is 5.91 Å². The summed E-state index contributed by atoms with van der Waals surface area (Å²) in [6.07, 6.45) is 13.2. The number of ether oxygens (including phenoxy) is 1. The van der Waals surface area contributed by atoms with Gasteiger partial charge in [-0.2, -0.15) is 0 Å². The fraction of sp³-hybridized carbons (Fsp3) is 0.654. The monoisotopic (exact) mass is 423 g/mol. The number of unbranched alkanes of at least 4 members (excludes halogenated alkanes) is 1. The number of methoxy groups -OCH3 is 1. The highest BCUT2D eigenvalue weighted by molar-refractivity contribution is 5.84. The summed E-state index contributed by atoms with van der Waals surface area (Å²) < 4.78 is 5.43. The summed E-state index contributed by atoms with van der Waals surface area (Å²) in [5, 5.41) is 1.29. The van der Waals surface area contributed by atoms with Crippen molar-refractivity contribution >= 4 is 16.8 Å². The summed E-state index contributed by atoms with van der Waals surface area (Å²) in [6.45, 7) is 4.36. The molecule has 2 aliphatic heterocycles. The fourth-order valence-corrected chi connectivity index (χ4v) is 6.31. The van der Waals surface area contributed by atoms with Crippen molar-refractivity contribution in [3.05, 3.63) is 30.0 Å². The zero-order valence-electron chi connectivity index (χ0n) is 18.9. The van der Waals surface area contributed by atoms with E-state index in [0.29, 0.717) is 23.8 Å². The quantitative estimate of drug-likeness (QED) is 0.631. The molecule has 5 heteroatoms. The second-order valence-corrected chi connectivity index (χ2v) is 9.90. The molecule has 3 atom stereocenters. The van der Waals surface area contributed by atoms with E-state index < -0.39 is 0 Å². The zero-order chi connectivity index (χ0) is 21.2. The predicted octanol–water partition coefficient (Wildman–Crippen LogP) is 4.61. The molecule has 1 saturated carbocycles. The van der Waals surface area contributed by atoms with Gasteiger partial charge in [0.1, 0.15) is 5.75 Å². The van der Waals surface area contributed by atoms with Crippen LogP contribution in [0.15, 0.2) is 24.4 Å². The Morgan fingerprint density at radius 1 is 1.10 bits per heavy atom. The number of rotatable bonds is 8. The third-order valence-electron chi connectivity index (χ3n) is 8.05. The van der Waals surface area contributed by atoms with Crippen LogP contribution in [0.4, 0.5) is 0 Å². The minimum atomic E-state index is 0.353. The Kier molecular flexibility index (Phi) is 6.22. The first-order valence-corrected chi connectivity index (χ1v) is 12.4. The van der Waals surface area contributed by atoms with Crippen molar-refractivity contribution in [3.63, 3.8) is 0 Å². The third kappa shape index (κ3) is 4.34. The van der Waals surface area contributed by atoms with Gasteiger partial charge in [-0.15, -0.1) is 0 Å². The van der Waals surface area contributed by atoms with Crippen LogP contribution in [-0.4, -0.2) is 60.0 Å². The lowest BCUT2D eigenvalue weighted by atomic mass is 9.81. The number of carbonyl (C=O) groups is 1. The van der Waals surface area contributed by atoms with Gasteiger partial charge < -0.3 is 19.5 Å². The lowest BCUT2D eigenvalue weighted by Gasteiger charge is -2.25. The topological polar surface area (TPSA) is 48.6 Å². The first-order valence-electron chi connectivity index (χ1n) is 12.4. The van der Waals surface area contributed by atoms with Crippen LogP contribution in [0, 0.1) is 11.8 Å². The number of nitrogens with zero attached hydrogens (tertiary/aromatic N) is 2. The van der Waals surface area contributed by atoms with E-state index in [1.165, 1.54) is 61.5 Å². The summed E-state index contributed by atoms with van der Waals surface area (Å²) in [5.74, 6) is 2.39. The van der Waals surface area contributed by atoms with Crippen LogP contribution in [0.2, 0.25) is 0 Å². The molecule has 5 nitrogen and oxygen atoms in total. The number of likely N-dealkylation sites (tertiary alicyclic amines) is 2. The molecular formula is C26H37N3O2. The lowest BCUT2D eigenvalue weighted by molar-refractivity contribution is -0.131. The normalized spacial score (nSPS) is 26.7. The van der Waals surface area contributed by atoms with Crippen molar-refractivity contribution in [1.82, 2.24) is 14.8 Å². The highest BCUT2D eigenvalue weighted by Crippen LogP contribution is 2.37. The van der Waals surface area contributed by atoms with Crippen LogP contribution in [0.5, 0.6) is 5.75 Å². The number of benzene rings is 1. The van der Waals surface area contributed by atoms with E-state index in [1.807, 2.05) is 6.07 Å². The summed E-state index contributed by atoms with van der Waals surface area (Å²) in [4.78, 5) is 21.0. The van der Waals surface area contributed by atoms with Crippen molar-refractivity contribution in [3.8, 4) is 5.75 Å². The molecule has 3 fully saturated rings. The van der Waals surface area contributed by atoms with Crippen LogP contribution in [-0.2, 0) is 11.2 Å². The highest BCUT2D eigenvalue weighted by atomic mass is 16.5. The number of aromatic nitrogens is 1. The van der Waals surface area contributed by atoms with Gasteiger partial charge in [0, 0.05) is 42.1 Å². The summed E-state index contributed by atoms with van der Waals surface area (Å²) in [6, 6.07) is 6.91. The van der Waals surface area contributed by atoms with Crippen LogP contribution < -0.4 is 4.74 Å². The predicted molar refractivity (Wildman–Crippen MR) is 124 cm³/mol. The van der Waals surface area contributed by atoms with E-state index in [4.69, 9.17) is 4.74 Å². The maximum Gasteiger partial charge on any atom is 0.226 e. The Morgan fingerprint density at radius 3 is 2.84 bits per heavy atom. The highest BCUT2D eigenvalue weighted by Gasteiger charge is 2.40. The Labute approximate surface area is 186 Å². The van der Waals surface area contributed by atoms with Gasteiger partial charge >= 0.3 is 0 Å². The number of carbonyl (C=O) groups excluding carboxylic acids is 1. The van der Waals surface area contributed by atoms with Gasteiger partial charge in [-0.1, -0.05) is 12.8 Å². The minimum absolute atomic E-state index is 0.353. The molecule has 0 radical (unpaired) electrons. The Morgan fingerprint density at radius 2 is 1.97 bits per heavy atom. The zero-order valence-corrected chi connectivity index (χ0v) is 18.9. The van der Waals surface area contributed by atoms with Gasteiger partial charge in [0.15, 0.2) is 0 Å². The second-order valence-electron chi connectivity index (χ2n) is 9.90. The van der Waals surface area contributed by atoms with E-state index in [2.05, 4.69) is 33.1 Å². The Bertz CT molecular complexity index is 907. The lowest BCUT2D eigenvalue weighted by Crippen LogP contribution is -2.33. The molecule has 2 saturated heterocycles. The van der Waals surface area contributed by atoms with Crippen molar-refractivity contribution in [2.24, 2.45) is 11.8 Å². The molecular weight excluding hydrogens is 386 g/mol. The SMILES string of the molecule is COc1ccc2[nH]cc(C[C@H]3CCCN3CCCCN3C[C@H]4CCCC[C@@H]4C3=O)c2c1. The molecule has 3 aliphatic rings. The van der Waals surface area contributed by atoms with E-state index in [9.17, 15) is 4.79 Å². The van der Waals surface area contributed by atoms with Crippen molar-refractivity contribution in [2.75, 3.05) is 33.3 Å². The van der Waals surface area contributed by atoms with Gasteiger partial charge in [-0.3, -0.25) is 4.79 Å². The van der Waals surface area contributed by atoms with E-state index >= 15 is 0 Å². The summed E-state index contributed by atoms with van der Waals surface area (Å²) >= 11 is 0. The number of fused-ring (bicyclic) bond motifs is 2. The maximum atomic E-state index is 12.7. The van der Waals surface area contributed by atoms with Crippen LogP contribution in [0.3, 0.4) is 0 Å². The van der Waals surface area contributed by atoms with E-state index in [1.54, 1.807) is 7.11 Å². The first-order chi connectivity index (χ1) is 15.2. The van der Waals surface area contributed by atoms with Gasteiger partial charge in [-0.25, -0.2) is 0 Å². The molecule has 168 valence electrons. The number of nitrogens with one attached hydrogen (secondary N) is 1. The molecule has 1 N–H and O–H groups in total. The van der Waals surface area contributed by atoms with Gasteiger partial charge in [0.05, 0.1) is 7.11 Å². The fourth-order valence-electron chi connectivity index (χ4n) is 6.31. The van der Waals surface area contributed by atoms with Crippen molar-refractivity contribution < 1.29 is 9.53 Å². The van der Waals surface area contributed by atoms with E-state index in [0.717, 1.165) is 44.6 Å². The number of amides is 1. The summed E-state index contributed by atoms with van der Waals surface area (Å²) in [5.41, 5.74) is 2.59. The number of H-pyrrole nitrogens is 1. The minimum Gasteiger partial charge on any atom is -0.497 e. The van der Waals surface area contributed by atoms with Crippen LogP contribution in [0.25, 0.3) is 10.9 Å². The average molecular weight is 424 g/mol. The van der Waals surface area contributed by atoms with Crippen molar-refractivity contribution in [2.45, 2.75) is 63.8 Å². The molecule has 31 heavy (non-hydrogen) atoms. The van der Waals surface area contributed by atoms with Gasteiger partial charge in [-0.05, 0) is 87.7 Å². The van der Waals surface area contributed by atoms with Crippen molar-refractivity contribution in [1.29, 1.82) is 0 Å². The largest absolute Gasteiger partial charge is 0.497 e. The molecule has 1 aromatic heterocycles. The molecule has 1 amide bonds. The third-order valence-corrected chi connectivity index (χ3v) is 8.05. The molecule has 0 spiro atoms. The number of hydrogen-bond donors (Lipinski definition) is 1. The Hall–Kier alpha value is -2.01. The van der Waals surface area contributed by atoms with E-state index in [-0.39, 0.29) is 0 Å². The van der Waals surface area contributed by atoms with Crippen LogP contribution in [0.1, 0.15) is 56.9 Å². The average Bonchev–Trinajstić information content (AvgIpc) is 3.50. The molecule has 0 unspecified atom stereocenters. The maximum absolute atomic E-state index is 12.7. The molecule has 2 aromatic rings. The molecule has 1 aromatic carbocycles. The Balaban J connectivity index is 1.12. The smallest absolute Gasteiger partial charge is 0.226 e. The van der Waals surface area contributed by atoms with Crippen LogP contribution >= 0.6 is 0 Å². The molecule has 1 aliphatic carbocycles. The standard InChI is InChI=1S/C26H37N3O2/c1-31-22-10-11-25-24(16-22)20(17-27-25)15-21-8-6-14-28(21)12-4-5-13-29-18-19-7-2-3-9-23(19)26(29)30/h10-11,16-17,19,21,23,27H,2-9,12-15,18H2,1H3/t19-,21-,23+/m1/s1. The number of hydrogen-bond acceptors (Lipinski definition) is 3. The molecule has 3 heterocycles. The van der Waals surface area contributed by atoms with Gasteiger partial charge in [0.25, 0.3) is 0 Å². The second kappa shape index (κ2) is 9.23.